The number of nitrogens with zero attached hydrogens (tertiary/aromatic N) is 2. The minimum atomic E-state index is -4.44. The molecule has 1 aliphatic rings. The van der Waals surface area contributed by atoms with Crippen molar-refractivity contribution >= 4 is 23.2 Å². The van der Waals surface area contributed by atoms with Gasteiger partial charge < -0.3 is 9.74 Å². The lowest BCUT2D eigenvalue weighted by atomic mass is 10.0. The van der Waals surface area contributed by atoms with Crippen LogP contribution in [0, 0.1) is 5.92 Å². The van der Waals surface area contributed by atoms with Gasteiger partial charge in [-0.25, -0.2) is 0 Å². The largest absolute Gasteiger partial charge is 0.416 e. The fourth-order valence-corrected chi connectivity index (χ4v) is 3.54. The van der Waals surface area contributed by atoms with E-state index < -0.39 is 17.8 Å². The van der Waals surface area contributed by atoms with Crippen LogP contribution in [0.15, 0.2) is 53.7 Å². The summed E-state index contributed by atoms with van der Waals surface area (Å²) in [6.45, 7) is 3.78. The fourth-order valence-electron chi connectivity index (χ4n) is 3.29. The van der Waals surface area contributed by atoms with Crippen LogP contribution in [-0.4, -0.2) is 29.2 Å². The molecule has 0 fully saturated rings. The summed E-state index contributed by atoms with van der Waals surface area (Å²) in [5.74, 6) is -0.469. The van der Waals surface area contributed by atoms with Gasteiger partial charge in [-0.2, -0.15) is 13.2 Å². The number of benzene rings is 2. The summed E-state index contributed by atoms with van der Waals surface area (Å²) in [5.41, 5.74) is 1.12. The van der Waals surface area contributed by atoms with Crippen molar-refractivity contribution in [3.05, 3.63) is 70.2 Å². The second-order valence-corrected chi connectivity index (χ2v) is 7.93. The van der Waals surface area contributed by atoms with E-state index in [1.165, 1.54) is 11.0 Å². The molecule has 1 aliphatic heterocycles. The first kappa shape index (κ1) is 22.2. The number of amides is 1. The molecule has 0 aromatic heterocycles. The van der Waals surface area contributed by atoms with Crippen molar-refractivity contribution in [3.8, 4) is 0 Å². The van der Waals surface area contributed by atoms with Gasteiger partial charge >= 0.3 is 6.18 Å². The Morgan fingerprint density at radius 2 is 1.97 bits per heavy atom. The second-order valence-electron chi connectivity index (χ2n) is 7.52. The van der Waals surface area contributed by atoms with Gasteiger partial charge in [-0.05, 0) is 23.8 Å². The molecule has 0 bridgehead atoms. The molecule has 0 saturated heterocycles. The van der Waals surface area contributed by atoms with Crippen molar-refractivity contribution < 1.29 is 22.8 Å². The highest BCUT2D eigenvalue weighted by Crippen LogP contribution is 2.30. The first-order valence-corrected chi connectivity index (χ1v) is 9.95. The lowest BCUT2D eigenvalue weighted by Gasteiger charge is -2.27. The van der Waals surface area contributed by atoms with E-state index in [0.717, 1.165) is 17.7 Å². The van der Waals surface area contributed by atoms with E-state index >= 15 is 0 Å². The minimum absolute atomic E-state index is 0.0578. The number of carbonyl (C=O) groups excluding carboxylic acids is 1. The van der Waals surface area contributed by atoms with E-state index in [2.05, 4.69) is 5.16 Å². The zero-order chi connectivity index (χ0) is 21.9. The Morgan fingerprint density at radius 1 is 1.23 bits per heavy atom. The Kier molecular flexibility index (Phi) is 6.71. The molecule has 0 N–H and O–H groups in total. The van der Waals surface area contributed by atoms with E-state index in [0.29, 0.717) is 22.7 Å². The van der Waals surface area contributed by atoms with Crippen LogP contribution in [0.2, 0.25) is 5.02 Å². The zero-order valence-corrected chi connectivity index (χ0v) is 17.4. The standard InChI is InChI=1S/C22H22ClF3N2O2/c1-14(2)21(29)28(12-15-6-5-7-16(10-15)22(24,25)26)13-17-11-20(27-30-17)18-8-3-4-9-19(18)23/h3-10,14,17H,11-13H2,1-2H3/t17-/m1/s1. The molecule has 30 heavy (non-hydrogen) atoms. The van der Waals surface area contributed by atoms with Crippen LogP contribution in [0.1, 0.15) is 37.0 Å². The van der Waals surface area contributed by atoms with Gasteiger partial charge in [-0.1, -0.05) is 60.9 Å². The van der Waals surface area contributed by atoms with Crippen molar-refractivity contribution in [2.24, 2.45) is 11.1 Å². The number of carbonyl (C=O) groups is 1. The molecule has 0 spiro atoms. The maximum atomic E-state index is 13.0. The summed E-state index contributed by atoms with van der Waals surface area (Å²) in [4.78, 5) is 19.7. The summed E-state index contributed by atoms with van der Waals surface area (Å²) in [5, 5.41) is 4.66. The Hall–Kier alpha value is -2.54. The lowest BCUT2D eigenvalue weighted by Crippen LogP contribution is -2.39. The molecule has 0 radical (unpaired) electrons. The number of halogens is 4. The van der Waals surface area contributed by atoms with Crippen molar-refractivity contribution in [2.45, 2.75) is 39.1 Å². The fraction of sp³-hybridized carbons (Fsp3) is 0.364. The Balaban J connectivity index is 1.73. The summed E-state index contributed by atoms with van der Waals surface area (Å²) in [6, 6.07) is 12.3. The SMILES string of the molecule is CC(C)C(=O)N(Cc1cccc(C(F)(F)F)c1)C[C@H]1CC(c2ccccc2Cl)=NO1. The van der Waals surface area contributed by atoms with Crippen LogP contribution in [0.3, 0.4) is 0 Å². The van der Waals surface area contributed by atoms with E-state index in [1.54, 1.807) is 26.0 Å². The highest BCUT2D eigenvalue weighted by Gasteiger charge is 2.31. The summed E-state index contributed by atoms with van der Waals surface area (Å²) >= 11 is 6.22. The number of hydrogen-bond acceptors (Lipinski definition) is 3. The van der Waals surface area contributed by atoms with Gasteiger partial charge in [0.05, 0.1) is 17.8 Å². The molecule has 2 aromatic carbocycles. The van der Waals surface area contributed by atoms with Gasteiger partial charge in [0.2, 0.25) is 5.91 Å². The van der Waals surface area contributed by atoms with E-state index in [4.69, 9.17) is 16.4 Å². The van der Waals surface area contributed by atoms with Crippen LogP contribution in [0.5, 0.6) is 0 Å². The predicted octanol–water partition coefficient (Wildman–Crippen LogP) is 5.54. The monoisotopic (exact) mass is 438 g/mol. The number of rotatable bonds is 6. The van der Waals surface area contributed by atoms with Gasteiger partial charge in [0.1, 0.15) is 0 Å². The number of oxime groups is 1. The molecule has 160 valence electrons. The van der Waals surface area contributed by atoms with Crippen LogP contribution >= 0.6 is 11.6 Å². The van der Waals surface area contributed by atoms with Crippen molar-refractivity contribution in [2.75, 3.05) is 6.54 Å². The van der Waals surface area contributed by atoms with Gasteiger partial charge in [0.25, 0.3) is 0 Å². The molecule has 2 aromatic rings. The highest BCUT2D eigenvalue weighted by molar-refractivity contribution is 6.34. The van der Waals surface area contributed by atoms with Crippen molar-refractivity contribution in [1.82, 2.24) is 4.90 Å². The molecule has 0 aliphatic carbocycles. The average Bonchev–Trinajstić information content (AvgIpc) is 3.15. The van der Waals surface area contributed by atoms with Gasteiger partial charge in [-0.15, -0.1) is 0 Å². The third-order valence-corrected chi connectivity index (χ3v) is 5.10. The van der Waals surface area contributed by atoms with Crippen LogP contribution in [-0.2, 0) is 22.4 Å². The van der Waals surface area contributed by atoms with Crippen molar-refractivity contribution in [3.63, 3.8) is 0 Å². The number of hydrogen-bond donors (Lipinski definition) is 0. The summed E-state index contributed by atoms with van der Waals surface area (Å²) in [7, 11) is 0. The smallest absolute Gasteiger partial charge is 0.390 e. The third kappa shape index (κ3) is 5.33. The maximum Gasteiger partial charge on any atom is 0.416 e. The van der Waals surface area contributed by atoms with E-state index in [-0.39, 0.29) is 24.9 Å². The number of alkyl halides is 3. The van der Waals surface area contributed by atoms with E-state index in [1.807, 2.05) is 18.2 Å². The molecule has 1 atom stereocenters. The van der Waals surface area contributed by atoms with Crippen molar-refractivity contribution in [1.29, 1.82) is 0 Å². The first-order valence-electron chi connectivity index (χ1n) is 9.57. The molecule has 8 heteroatoms. The quantitative estimate of drug-likeness (QED) is 0.594. The molecule has 4 nitrogen and oxygen atoms in total. The summed E-state index contributed by atoms with van der Waals surface area (Å²) < 4.78 is 39.1. The Bertz CT molecular complexity index is 944. The summed E-state index contributed by atoms with van der Waals surface area (Å²) in [6.07, 6.45) is -4.38. The Labute approximate surface area is 178 Å². The van der Waals surface area contributed by atoms with E-state index in [9.17, 15) is 18.0 Å². The second kappa shape index (κ2) is 9.08. The molecule has 3 rings (SSSR count). The molecule has 0 unspecified atom stereocenters. The lowest BCUT2D eigenvalue weighted by molar-refractivity contribution is -0.137. The molecule has 1 heterocycles. The van der Waals surface area contributed by atoms with Crippen LogP contribution < -0.4 is 0 Å². The molecular formula is C22H22ClF3N2O2. The van der Waals surface area contributed by atoms with Crippen LogP contribution in [0.4, 0.5) is 13.2 Å². The topological polar surface area (TPSA) is 41.9 Å². The Morgan fingerprint density at radius 3 is 2.63 bits per heavy atom. The van der Waals surface area contributed by atoms with Gasteiger partial charge in [0, 0.05) is 29.5 Å². The van der Waals surface area contributed by atoms with Gasteiger partial charge in [0.15, 0.2) is 6.10 Å². The molecular weight excluding hydrogens is 417 g/mol. The van der Waals surface area contributed by atoms with Gasteiger partial charge in [-0.3, -0.25) is 4.79 Å². The predicted molar refractivity (Wildman–Crippen MR) is 109 cm³/mol. The average molecular weight is 439 g/mol. The minimum Gasteiger partial charge on any atom is -0.390 e. The maximum absolute atomic E-state index is 13.0. The normalized spacial score (nSPS) is 16.4. The molecule has 1 amide bonds. The first-order chi connectivity index (χ1) is 14.1. The van der Waals surface area contributed by atoms with Crippen LogP contribution in [0.25, 0.3) is 0 Å². The zero-order valence-electron chi connectivity index (χ0n) is 16.6. The molecule has 0 saturated carbocycles. The highest BCUT2D eigenvalue weighted by atomic mass is 35.5. The third-order valence-electron chi connectivity index (χ3n) is 4.78.